The van der Waals surface area contributed by atoms with Crippen LogP contribution < -0.4 is 0 Å². The number of rotatable bonds is 3. The number of hydrogen-bond donors (Lipinski definition) is 1. The van der Waals surface area contributed by atoms with Gasteiger partial charge in [-0.2, -0.15) is 0 Å². The van der Waals surface area contributed by atoms with Gasteiger partial charge in [0.25, 0.3) is 0 Å². The molecule has 0 amide bonds. The van der Waals surface area contributed by atoms with Gasteiger partial charge < -0.3 is 5.11 Å². The van der Waals surface area contributed by atoms with Crippen LogP contribution in [-0.4, -0.2) is 11.1 Å². The number of aromatic carboxylic acids is 1. The van der Waals surface area contributed by atoms with E-state index < -0.39 is 5.97 Å². The lowest BCUT2D eigenvalue weighted by molar-refractivity contribution is 0.0697. The number of carboxylic acids is 1. The van der Waals surface area contributed by atoms with Crippen LogP contribution in [0.2, 0.25) is 0 Å². The van der Waals surface area contributed by atoms with Crippen LogP contribution in [0.5, 0.6) is 0 Å². The summed E-state index contributed by atoms with van der Waals surface area (Å²) in [6, 6.07) is 16.2. The second-order valence-corrected chi connectivity index (χ2v) is 9.49. The van der Waals surface area contributed by atoms with Gasteiger partial charge in [-0.3, -0.25) is 0 Å². The fraction of sp³-hybridized carbons (Fsp3) is 0.435. The molecule has 2 aromatic rings. The molecule has 122 valence electrons. The molecule has 0 saturated heterocycles. The Labute approximate surface area is 145 Å². The molecule has 0 heterocycles. The molecule has 0 radical (unpaired) electrons. The molecule has 0 aromatic heterocycles. The molecule has 2 nitrogen and oxygen atoms in total. The van der Waals surface area contributed by atoms with Gasteiger partial charge in [-0.1, -0.05) is 36.4 Å². The summed E-state index contributed by atoms with van der Waals surface area (Å²) in [6.45, 7) is 0. The Kier molecular flexibility index (Phi) is 1.56. The summed E-state index contributed by atoms with van der Waals surface area (Å²) in [6.07, 6.45) is 1.58. The summed E-state index contributed by atoms with van der Waals surface area (Å²) in [5.74, 6) is 6.90. The Morgan fingerprint density at radius 1 is 0.840 bits per heavy atom. The zero-order valence-corrected chi connectivity index (χ0v) is 13.7. The molecule has 6 saturated carbocycles. The van der Waals surface area contributed by atoms with Crippen molar-refractivity contribution in [2.45, 2.75) is 12.3 Å². The second-order valence-electron chi connectivity index (χ2n) is 9.49. The zero-order chi connectivity index (χ0) is 16.3. The molecule has 0 aliphatic heterocycles. The lowest BCUT2D eigenvalue weighted by Crippen LogP contribution is -2.19. The van der Waals surface area contributed by atoms with Crippen LogP contribution in [0.25, 0.3) is 11.1 Å². The van der Waals surface area contributed by atoms with Gasteiger partial charge in [0, 0.05) is 0 Å². The van der Waals surface area contributed by atoms with E-state index >= 15 is 0 Å². The average molecular weight is 326 g/mol. The summed E-state index contributed by atoms with van der Waals surface area (Å²) in [5.41, 5.74) is 6.02. The van der Waals surface area contributed by atoms with E-state index in [1.165, 1.54) is 34.8 Å². The van der Waals surface area contributed by atoms with Gasteiger partial charge in [-0.25, -0.2) is 4.79 Å². The van der Waals surface area contributed by atoms with E-state index in [0.29, 0.717) is 5.56 Å². The van der Waals surface area contributed by atoms with Gasteiger partial charge in [-0.05, 0) is 87.5 Å². The van der Waals surface area contributed by atoms with Crippen molar-refractivity contribution >= 4 is 5.97 Å². The van der Waals surface area contributed by atoms with Crippen LogP contribution >= 0.6 is 0 Å². The zero-order valence-electron chi connectivity index (χ0n) is 13.7. The van der Waals surface area contributed by atoms with Gasteiger partial charge >= 0.3 is 5.97 Å². The summed E-state index contributed by atoms with van der Waals surface area (Å²) in [5, 5.41) is 9.00. The van der Waals surface area contributed by atoms with Gasteiger partial charge in [0.2, 0.25) is 0 Å². The first-order valence-electron chi connectivity index (χ1n) is 9.65. The van der Waals surface area contributed by atoms with E-state index in [9.17, 15) is 4.79 Å². The molecule has 1 N–H and O–H groups in total. The highest BCUT2D eigenvalue weighted by Crippen LogP contribution is 3.19. The highest BCUT2D eigenvalue weighted by atomic mass is 16.4. The third kappa shape index (κ3) is 1.07. The summed E-state index contributed by atoms with van der Waals surface area (Å²) >= 11 is 0. The first kappa shape index (κ1) is 12.3. The standard InChI is InChI=1S/C23H18O2/c24-21(25)13-7-3-11(4-8-13)10-1-5-12(6-2-10)16-17-18(16)23(17)19-20(23)22(19)14-9-15(14)22/h1-8,14-20H,9H2,(H,24,25). The van der Waals surface area contributed by atoms with Gasteiger partial charge in [0.1, 0.15) is 0 Å². The van der Waals surface area contributed by atoms with Crippen molar-refractivity contribution in [2.24, 2.45) is 46.3 Å². The Hall–Kier alpha value is -2.09. The maximum absolute atomic E-state index is 11.0. The SMILES string of the molecule is O=C(O)c1ccc(-c2ccc(C3C4C3C43C4C3C43C4CC43)cc2)cc1. The highest BCUT2D eigenvalue weighted by Gasteiger charge is 3.16. The lowest BCUT2D eigenvalue weighted by atomic mass is 9.80. The first-order valence-corrected chi connectivity index (χ1v) is 9.65. The third-order valence-electron chi connectivity index (χ3n) is 9.06. The molecular weight excluding hydrogens is 308 g/mol. The van der Waals surface area contributed by atoms with Crippen molar-refractivity contribution in [1.29, 1.82) is 0 Å². The Morgan fingerprint density at radius 3 is 1.88 bits per heavy atom. The molecule has 25 heavy (non-hydrogen) atoms. The first-order chi connectivity index (χ1) is 12.2. The van der Waals surface area contributed by atoms with Crippen molar-refractivity contribution < 1.29 is 9.90 Å². The largest absolute Gasteiger partial charge is 0.478 e. The monoisotopic (exact) mass is 326 g/mol. The van der Waals surface area contributed by atoms with Crippen molar-refractivity contribution in [3.63, 3.8) is 0 Å². The normalized spacial score (nSPS) is 52.9. The number of benzene rings is 2. The molecule has 0 bridgehead atoms. The fourth-order valence-electron chi connectivity index (χ4n) is 7.82. The van der Waals surface area contributed by atoms with E-state index in [4.69, 9.17) is 5.11 Å². The minimum absolute atomic E-state index is 0.345. The lowest BCUT2D eigenvalue weighted by Gasteiger charge is -2.23. The van der Waals surface area contributed by atoms with E-state index in [1.807, 2.05) is 12.1 Å². The van der Waals surface area contributed by atoms with E-state index in [-0.39, 0.29) is 0 Å². The molecule has 2 heteroatoms. The van der Waals surface area contributed by atoms with Crippen molar-refractivity contribution in [2.75, 3.05) is 0 Å². The summed E-state index contributed by atoms with van der Waals surface area (Å²) in [4.78, 5) is 11.0. The molecule has 2 spiro atoms. The molecule has 6 fully saturated rings. The van der Waals surface area contributed by atoms with Crippen LogP contribution in [0.1, 0.15) is 28.3 Å². The van der Waals surface area contributed by atoms with E-state index in [2.05, 4.69) is 24.3 Å². The fourth-order valence-corrected chi connectivity index (χ4v) is 7.82. The Morgan fingerprint density at radius 2 is 1.40 bits per heavy atom. The second kappa shape index (κ2) is 3.18. The number of hydrogen-bond acceptors (Lipinski definition) is 1. The van der Waals surface area contributed by atoms with Gasteiger partial charge in [0.05, 0.1) is 5.56 Å². The molecule has 8 rings (SSSR count). The molecule has 6 aliphatic carbocycles. The number of carboxylic acid groups (broad SMARTS) is 1. The van der Waals surface area contributed by atoms with Crippen LogP contribution in [0.4, 0.5) is 0 Å². The van der Waals surface area contributed by atoms with Crippen LogP contribution in [-0.2, 0) is 0 Å². The molecule has 6 aliphatic rings. The van der Waals surface area contributed by atoms with Crippen LogP contribution in [0.15, 0.2) is 48.5 Å². The molecule has 6 unspecified atom stereocenters. The molecular formula is C23H18O2. The number of carbonyl (C=O) groups is 1. The molecule has 6 atom stereocenters. The smallest absolute Gasteiger partial charge is 0.335 e. The average Bonchev–Trinajstić information content (AvgIpc) is 3.46. The third-order valence-corrected chi connectivity index (χ3v) is 9.06. The van der Waals surface area contributed by atoms with Gasteiger partial charge in [0.15, 0.2) is 0 Å². The van der Waals surface area contributed by atoms with Crippen LogP contribution in [0, 0.1) is 46.3 Å². The van der Waals surface area contributed by atoms with Gasteiger partial charge in [-0.15, -0.1) is 0 Å². The van der Waals surface area contributed by atoms with Crippen molar-refractivity contribution in [1.82, 2.24) is 0 Å². The topological polar surface area (TPSA) is 37.3 Å². The van der Waals surface area contributed by atoms with Crippen LogP contribution in [0.3, 0.4) is 0 Å². The highest BCUT2D eigenvalue weighted by molar-refractivity contribution is 5.88. The number of fused-ring (bicyclic) bond motifs is 11. The summed E-state index contributed by atoms with van der Waals surface area (Å²) < 4.78 is 0. The van der Waals surface area contributed by atoms with E-state index in [0.717, 1.165) is 34.1 Å². The predicted octanol–water partition coefficient (Wildman–Crippen LogP) is 4.28. The summed E-state index contributed by atoms with van der Waals surface area (Å²) in [7, 11) is 0. The maximum atomic E-state index is 11.0. The quantitative estimate of drug-likeness (QED) is 0.914. The van der Waals surface area contributed by atoms with Crippen molar-refractivity contribution in [3.8, 4) is 11.1 Å². The maximum Gasteiger partial charge on any atom is 0.335 e. The predicted molar refractivity (Wildman–Crippen MR) is 92.0 cm³/mol. The van der Waals surface area contributed by atoms with Crippen molar-refractivity contribution in [3.05, 3.63) is 59.7 Å². The molecule has 2 aromatic carbocycles. The minimum Gasteiger partial charge on any atom is -0.478 e. The van der Waals surface area contributed by atoms with E-state index in [1.54, 1.807) is 18.6 Å². The Bertz CT molecular complexity index is 969. The Balaban J connectivity index is 1.00. The minimum atomic E-state index is -0.868.